The van der Waals surface area contributed by atoms with Crippen LogP contribution in [0.3, 0.4) is 0 Å². The van der Waals surface area contributed by atoms with Gasteiger partial charge in [-0.1, -0.05) is 39.0 Å². The van der Waals surface area contributed by atoms with Crippen LogP contribution in [0, 0.1) is 11.8 Å². The van der Waals surface area contributed by atoms with E-state index in [4.69, 9.17) is 5.11 Å². The van der Waals surface area contributed by atoms with Gasteiger partial charge < -0.3 is 15.5 Å². The van der Waals surface area contributed by atoms with E-state index in [2.05, 4.69) is 24.1 Å². The fourth-order valence-corrected chi connectivity index (χ4v) is 1.61. The maximum Gasteiger partial charge on any atom is 0.320 e. The van der Waals surface area contributed by atoms with Crippen LogP contribution < -0.4 is 5.32 Å². The highest BCUT2D eigenvalue weighted by atomic mass is 16.4. The number of hydrogen-bond donors (Lipinski definition) is 3. The van der Waals surface area contributed by atoms with Gasteiger partial charge in [0.1, 0.15) is 11.6 Å². The first-order valence-corrected chi connectivity index (χ1v) is 7.11. The first-order chi connectivity index (χ1) is 8.93. The molecule has 0 aromatic rings. The van der Waals surface area contributed by atoms with Crippen molar-refractivity contribution < 1.29 is 15.0 Å². The first-order valence-electron chi connectivity index (χ1n) is 7.11. The number of aliphatic hydroxyl groups is 1. The van der Waals surface area contributed by atoms with E-state index in [-0.39, 0.29) is 6.54 Å². The zero-order chi connectivity index (χ0) is 14.7. The minimum atomic E-state index is -1.17. The fraction of sp³-hybridized carbons (Fsp3) is 0.800. The van der Waals surface area contributed by atoms with Crippen LogP contribution in [-0.2, 0) is 4.79 Å². The molecular weight excluding hydrogens is 242 g/mol. The number of carbonyl (C=O) groups is 1. The van der Waals surface area contributed by atoms with Crippen LogP contribution in [-0.4, -0.2) is 34.4 Å². The molecule has 3 N–H and O–H groups in total. The van der Waals surface area contributed by atoms with Crippen molar-refractivity contribution in [3.05, 3.63) is 0 Å². The molecular formula is C15H27NO3. The van der Waals surface area contributed by atoms with Gasteiger partial charge in [0.25, 0.3) is 0 Å². The van der Waals surface area contributed by atoms with Gasteiger partial charge in [-0.3, -0.25) is 4.79 Å². The van der Waals surface area contributed by atoms with Gasteiger partial charge in [-0.15, -0.1) is 5.92 Å². The molecule has 4 nitrogen and oxygen atoms in total. The third-order valence-corrected chi connectivity index (χ3v) is 2.85. The molecule has 19 heavy (non-hydrogen) atoms. The van der Waals surface area contributed by atoms with Crippen LogP contribution in [0.15, 0.2) is 0 Å². The van der Waals surface area contributed by atoms with Crippen LogP contribution in [0.5, 0.6) is 0 Å². The molecule has 2 unspecified atom stereocenters. The number of carboxylic acids is 1. The zero-order valence-corrected chi connectivity index (χ0v) is 12.3. The summed E-state index contributed by atoms with van der Waals surface area (Å²) in [7, 11) is 0. The molecule has 0 amide bonds. The van der Waals surface area contributed by atoms with Crippen LogP contribution in [0.2, 0.25) is 0 Å². The van der Waals surface area contributed by atoms with Crippen LogP contribution in [0.25, 0.3) is 0 Å². The molecule has 0 spiro atoms. The van der Waals surface area contributed by atoms with E-state index < -0.39 is 17.6 Å². The lowest BCUT2D eigenvalue weighted by Crippen LogP contribution is -2.45. The van der Waals surface area contributed by atoms with Gasteiger partial charge in [0, 0.05) is 13.0 Å². The van der Waals surface area contributed by atoms with Gasteiger partial charge in [0.2, 0.25) is 0 Å². The second kappa shape index (κ2) is 9.82. The third-order valence-electron chi connectivity index (χ3n) is 2.85. The fourth-order valence-electron chi connectivity index (χ4n) is 1.61. The molecule has 0 rings (SSSR count). The molecule has 0 fully saturated rings. The Labute approximate surface area is 116 Å². The van der Waals surface area contributed by atoms with Crippen molar-refractivity contribution >= 4 is 5.97 Å². The Morgan fingerprint density at radius 2 is 1.95 bits per heavy atom. The van der Waals surface area contributed by atoms with Crippen molar-refractivity contribution in [2.75, 3.05) is 6.54 Å². The average Bonchev–Trinajstić information content (AvgIpc) is 2.34. The average molecular weight is 269 g/mol. The minimum absolute atomic E-state index is 0.173. The normalized spacial score (nSPS) is 15.2. The highest BCUT2D eigenvalue weighted by Gasteiger charge is 2.22. The molecule has 0 aromatic carbocycles. The van der Waals surface area contributed by atoms with E-state index in [0.29, 0.717) is 6.42 Å². The second-order valence-corrected chi connectivity index (χ2v) is 5.09. The summed E-state index contributed by atoms with van der Waals surface area (Å²) in [6.07, 6.45) is 5.25. The van der Waals surface area contributed by atoms with Gasteiger partial charge >= 0.3 is 5.97 Å². The minimum Gasteiger partial charge on any atom is -0.480 e. The standard InChI is InChI=1S/C15H27NO3/c1-4-6-8-9-11-15(3,19)12-16-13(14(17)18)10-7-5-2/h13,16,19H,4-8,10,12H2,1-3H3,(H,17,18). The summed E-state index contributed by atoms with van der Waals surface area (Å²) in [6, 6.07) is -0.608. The Morgan fingerprint density at radius 1 is 1.32 bits per heavy atom. The Balaban J connectivity index is 4.22. The molecule has 0 bridgehead atoms. The van der Waals surface area contributed by atoms with E-state index in [1.807, 2.05) is 6.92 Å². The molecule has 0 saturated carbocycles. The molecule has 2 atom stereocenters. The van der Waals surface area contributed by atoms with Crippen molar-refractivity contribution in [3.8, 4) is 11.8 Å². The number of rotatable bonds is 9. The lowest BCUT2D eigenvalue weighted by Gasteiger charge is -2.21. The Morgan fingerprint density at radius 3 is 2.47 bits per heavy atom. The van der Waals surface area contributed by atoms with Crippen molar-refractivity contribution in [2.24, 2.45) is 0 Å². The quantitative estimate of drug-likeness (QED) is 0.443. The topological polar surface area (TPSA) is 69.6 Å². The van der Waals surface area contributed by atoms with Crippen molar-refractivity contribution in [2.45, 2.75) is 70.9 Å². The molecule has 0 aliphatic heterocycles. The Kier molecular flexibility index (Phi) is 9.28. The number of unbranched alkanes of at least 4 members (excludes halogenated alkanes) is 3. The summed E-state index contributed by atoms with van der Waals surface area (Å²) in [5.41, 5.74) is -1.17. The van der Waals surface area contributed by atoms with Crippen molar-refractivity contribution in [1.82, 2.24) is 5.32 Å². The van der Waals surface area contributed by atoms with Crippen molar-refractivity contribution in [3.63, 3.8) is 0 Å². The van der Waals surface area contributed by atoms with E-state index >= 15 is 0 Å². The molecule has 110 valence electrons. The predicted molar refractivity (Wildman–Crippen MR) is 76.9 cm³/mol. The lowest BCUT2D eigenvalue weighted by molar-refractivity contribution is -0.139. The van der Waals surface area contributed by atoms with Crippen molar-refractivity contribution in [1.29, 1.82) is 0 Å². The Hall–Kier alpha value is -1.05. The number of aliphatic carboxylic acids is 1. The summed E-state index contributed by atoms with van der Waals surface area (Å²) in [5, 5.41) is 22.0. The SMILES string of the molecule is CCCCC#CC(C)(O)CNC(CCCC)C(=O)O. The van der Waals surface area contributed by atoms with Gasteiger partial charge in [-0.2, -0.15) is 0 Å². The highest BCUT2D eigenvalue weighted by Crippen LogP contribution is 2.05. The van der Waals surface area contributed by atoms with E-state index in [1.54, 1.807) is 6.92 Å². The summed E-state index contributed by atoms with van der Waals surface area (Å²) in [4.78, 5) is 11.0. The Bertz CT molecular complexity index is 315. The van der Waals surface area contributed by atoms with Gasteiger partial charge in [-0.25, -0.2) is 0 Å². The monoisotopic (exact) mass is 269 g/mol. The number of nitrogens with one attached hydrogen (secondary N) is 1. The largest absolute Gasteiger partial charge is 0.480 e. The number of carboxylic acid groups (broad SMARTS) is 1. The predicted octanol–water partition coefficient (Wildman–Crippen LogP) is 2.16. The maximum atomic E-state index is 11.0. The summed E-state index contributed by atoms with van der Waals surface area (Å²) < 4.78 is 0. The smallest absolute Gasteiger partial charge is 0.320 e. The maximum absolute atomic E-state index is 11.0. The van der Waals surface area contributed by atoms with Crippen LogP contribution in [0.4, 0.5) is 0 Å². The zero-order valence-electron chi connectivity index (χ0n) is 12.3. The molecule has 0 heterocycles. The van der Waals surface area contributed by atoms with Crippen LogP contribution >= 0.6 is 0 Å². The first kappa shape index (κ1) is 17.9. The molecule has 0 aliphatic rings. The van der Waals surface area contributed by atoms with E-state index in [9.17, 15) is 9.90 Å². The van der Waals surface area contributed by atoms with Gasteiger partial charge in [-0.05, 0) is 19.8 Å². The molecule has 0 saturated heterocycles. The second-order valence-electron chi connectivity index (χ2n) is 5.09. The van der Waals surface area contributed by atoms with Gasteiger partial charge in [0.05, 0.1) is 0 Å². The van der Waals surface area contributed by atoms with E-state index in [0.717, 1.165) is 32.1 Å². The summed E-state index contributed by atoms with van der Waals surface area (Å²) in [5.74, 6) is 4.86. The van der Waals surface area contributed by atoms with Gasteiger partial charge in [0.15, 0.2) is 0 Å². The van der Waals surface area contributed by atoms with E-state index in [1.165, 1.54) is 0 Å². The lowest BCUT2D eigenvalue weighted by atomic mass is 10.1. The molecule has 0 aliphatic carbocycles. The molecule has 0 radical (unpaired) electrons. The molecule has 4 heteroatoms. The number of hydrogen-bond acceptors (Lipinski definition) is 3. The molecule has 0 aromatic heterocycles. The van der Waals surface area contributed by atoms with Crippen LogP contribution in [0.1, 0.15) is 59.3 Å². The summed E-state index contributed by atoms with van der Waals surface area (Å²) in [6.45, 7) is 5.89. The summed E-state index contributed by atoms with van der Waals surface area (Å²) >= 11 is 0. The highest BCUT2D eigenvalue weighted by molar-refractivity contribution is 5.73. The third kappa shape index (κ3) is 9.52.